The molecule has 3 aromatic carbocycles. The first-order valence-electron chi connectivity index (χ1n) is 11.7. The van der Waals surface area contributed by atoms with Crippen molar-refractivity contribution < 1.29 is 13.9 Å². The Morgan fingerprint density at radius 3 is 2.57 bits per heavy atom. The van der Waals surface area contributed by atoms with Crippen LogP contribution < -0.4 is 15.0 Å². The van der Waals surface area contributed by atoms with E-state index in [2.05, 4.69) is 5.10 Å². The van der Waals surface area contributed by atoms with Crippen LogP contribution in [0.2, 0.25) is 10.0 Å². The predicted molar refractivity (Wildman–Crippen MR) is 148 cm³/mol. The highest BCUT2D eigenvalue weighted by molar-refractivity contribution is 6.37. The van der Waals surface area contributed by atoms with E-state index in [0.717, 1.165) is 11.8 Å². The molecule has 2 heterocycles. The van der Waals surface area contributed by atoms with Crippen molar-refractivity contribution in [2.75, 3.05) is 7.11 Å². The van der Waals surface area contributed by atoms with Gasteiger partial charge in [0.25, 0.3) is 5.56 Å². The largest absolute Gasteiger partial charge is 0.496 e. The zero-order valence-electron chi connectivity index (χ0n) is 20.4. The number of halogens is 2. The highest BCUT2D eigenvalue weighted by Crippen LogP contribution is 2.35. The molecule has 0 saturated heterocycles. The van der Waals surface area contributed by atoms with Crippen molar-refractivity contribution in [3.8, 4) is 23.1 Å². The standard InChI is InChI=1S/C28H23Cl2N3O4/c1-4-16(2)36-26-20(29)12-17(13-21(26)30)15-31-33-27(32-22-9-6-5-8-18(22)28(33)34)25-14-19-23(35-3)10-7-11-24(19)37-25/h5-16H,4H2,1-3H3/t16-/m1/s1. The third kappa shape index (κ3) is 4.80. The first-order valence-corrected chi connectivity index (χ1v) is 12.4. The number of benzene rings is 3. The zero-order chi connectivity index (χ0) is 26.1. The molecule has 0 aliphatic carbocycles. The Morgan fingerprint density at radius 2 is 1.84 bits per heavy atom. The minimum absolute atomic E-state index is 0.0400. The van der Waals surface area contributed by atoms with Crippen molar-refractivity contribution in [1.82, 2.24) is 9.66 Å². The molecular weight excluding hydrogens is 513 g/mol. The average Bonchev–Trinajstić information content (AvgIpc) is 3.34. The van der Waals surface area contributed by atoms with Crippen molar-refractivity contribution in [3.63, 3.8) is 0 Å². The van der Waals surface area contributed by atoms with Crippen molar-refractivity contribution in [1.29, 1.82) is 0 Å². The lowest BCUT2D eigenvalue weighted by molar-refractivity contribution is 0.218. The SMILES string of the molecule is CC[C@@H](C)Oc1c(Cl)cc(C=Nn2c(-c3cc4c(OC)cccc4o3)nc3ccccc3c2=O)cc1Cl. The maximum atomic E-state index is 13.5. The number of hydrogen-bond donors (Lipinski definition) is 0. The summed E-state index contributed by atoms with van der Waals surface area (Å²) >= 11 is 12.9. The molecule has 7 nitrogen and oxygen atoms in total. The summed E-state index contributed by atoms with van der Waals surface area (Å²) in [6.45, 7) is 3.95. The lowest BCUT2D eigenvalue weighted by Crippen LogP contribution is -2.20. The van der Waals surface area contributed by atoms with E-state index >= 15 is 0 Å². The average molecular weight is 536 g/mol. The molecule has 0 aliphatic rings. The fourth-order valence-electron chi connectivity index (χ4n) is 3.89. The molecule has 5 rings (SSSR count). The monoisotopic (exact) mass is 535 g/mol. The molecule has 1 atom stereocenters. The summed E-state index contributed by atoms with van der Waals surface area (Å²) < 4.78 is 18.6. The van der Waals surface area contributed by atoms with Gasteiger partial charge in [-0.25, -0.2) is 4.98 Å². The van der Waals surface area contributed by atoms with Gasteiger partial charge in [0.05, 0.1) is 45.8 Å². The molecule has 0 bridgehead atoms. The van der Waals surface area contributed by atoms with Gasteiger partial charge in [0.15, 0.2) is 11.5 Å². The second kappa shape index (κ2) is 10.3. The highest BCUT2D eigenvalue weighted by atomic mass is 35.5. The van der Waals surface area contributed by atoms with Crippen LogP contribution in [0.25, 0.3) is 33.5 Å². The van der Waals surface area contributed by atoms with Gasteiger partial charge in [-0.3, -0.25) is 4.79 Å². The molecule has 5 aromatic rings. The summed E-state index contributed by atoms with van der Waals surface area (Å²) in [4.78, 5) is 18.2. The smallest absolute Gasteiger partial charge is 0.282 e. The van der Waals surface area contributed by atoms with Crippen LogP contribution in [-0.4, -0.2) is 29.1 Å². The van der Waals surface area contributed by atoms with E-state index in [-0.39, 0.29) is 17.5 Å². The molecule has 0 amide bonds. The van der Waals surface area contributed by atoms with Crippen LogP contribution in [0.15, 0.2) is 75.0 Å². The van der Waals surface area contributed by atoms with Crippen LogP contribution in [0, 0.1) is 0 Å². The lowest BCUT2D eigenvalue weighted by atomic mass is 10.2. The summed E-state index contributed by atoms with van der Waals surface area (Å²) in [5.41, 5.74) is 1.36. The van der Waals surface area contributed by atoms with Crippen molar-refractivity contribution in [2.24, 2.45) is 5.10 Å². The lowest BCUT2D eigenvalue weighted by Gasteiger charge is -2.15. The molecular formula is C28H23Cl2N3O4. The molecule has 0 aliphatic heterocycles. The predicted octanol–water partition coefficient (Wildman–Crippen LogP) is 7.18. The van der Waals surface area contributed by atoms with Gasteiger partial charge in [-0.05, 0) is 61.4 Å². The number of rotatable bonds is 7. The molecule has 0 spiro atoms. The Labute approximate surface area is 222 Å². The van der Waals surface area contributed by atoms with Crippen molar-refractivity contribution >= 4 is 51.3 Å². The molecule has 0 unspecified atom stereocenters. The molecule has 0 N–H and O–H groups in total. The number of hydrogen-bond acceptors (Lipinski definition) is 6. The van der Waals surface area contributed by atoms with Crippen molar-refractivity contribution in [2.45, 2.75) is 26.4 Å². The summed E-state index contributed by atoms with van der Waals surface area (Å²) in [6, 6.07) is 17.7. The fraction of sp³-hybridized carbons (Fsp3) is 0.179. The minimum atomic E-state index is -0.349. The van der Waals surface area contributed by atoms with Crippen LogP contribution in [0.5, 0.6) is 11.5 Å². The highest BCUT2D eigenvalue weighted by Gasteiger charge is 2.18. The Kier molecular flexibility index (Phi) is 6.91. The van der Waals surface area contributed by atoms with Gasteiger partial charge in [0, 0.05) is 0 Å². The molecule has 2 aromatic heterocycles. The third-order valence-electron chi connectivity index (χ3n) is 5.95. The molecule has 0 saturated carbocycles. The summed E-state index contributed by atoms with van der Waals surface area (Å²) in [5.74, 6) is 1.67. The second-order valence-corrected chi connectivity index (χ2v) is 9.26. The summed E-state index contributed by atoms with van der Waals surface area (Å²) in [7, 11) is 1.59. The van der Waals surface area contributed by atoms with Gasteiger partial charge >= 0.3 is 0 Å². The van der Waals surface area contributed by atoms with Crippen molar-refractivity contribution in [3.05, 3.63) is 86.6 Å². The molecule has 0 fully saturated rings. The van der Waals surface area contributed by atoms with E-state index in [4.69, 9.17) is 42.1 Å². The number of nitrogens with zero attached hydrogens (tertiary/aromatic N) is 3. The van der Waals surface area contributed by atoms with Crippen LogP contribution in [0.1, 0.15) is 25.8 Å². The first kappa shape index (κ1) is 24.9. The Morgan fingerprint density at radius 1 is 1.08 bits per heavy atom. The number of fused-ring (bicyclic) bond motifs is 2. The van der Waals surface area contributed by atoms with Gasteiger partial charge in [-0.15, -0.1) is 0 Å². The van der Waals surface area contributed by atoms with E-state index in [1.165, 1.54) is 10.9 Å². The Balaban J connectivity index is 1.64. The maximum absolute atomic E-state index is 13.5. The molecule has 0 radical (unpaired) electrons. The first-order chi connectivity index (χ1) is 17.9. The van der Waals surface area contributed by atoms with Crippen LogP contribution in [-0.2, 0) is 0 Å². The second-order valence-electron chi connectivity index (χ2n) is 8.45. The quantitative estimate of drug-likeness (QED) is 0.206. The summed E-state index contributed by atoms with van der Waals surface area (Å²) in [5, 5.41) is 6.35. The fourth-order valence-corrected chi connectivity index (χ4v) is 4.48. The number of aromatic nitrogens is 2. The van der Waals surface area contributed by atoms with Gasteiger partial charge in [0.1, 0.15) is 11.3 Å². The normalized spacial score (nSPS) is 12.5. The van der Waals surface area contributed by atoms with E-state index in [0.29, 0.717) is 49.4 Å². The van der Waals surface area contributed by atoms with Crippen LogP contribution >= 0.6 is 23.2 Å². The van der Waals surface area contributed by atoms with Gasteiger partial charge < -0.3 is 13.9 Å². The van der Waals surface area contributed by atoms with Gasteiger partial charge in [0.2, 0.25) is 5.82 Å². The van der Waals surface area contributed by atoms with E-state index in [9.17, 15) is 4.79 Å². The topological polar surface area (TPSA) is 78.8 Å². The van der Waals surface area contributed by atoms with Gasteiger partial charge in [-0.2, -0.15) is 9.78 Å². The van der Waals surface area contributed by atoms with Crippen LogP contribution in [0.3, 0.4) is 0 Å². The number of methoxy groups -OCH3 is 1. The molecule has 188 valence electrons. The van der Waals surface area contributed by atoms with E-state index in [1.54, 1.807) is 43.5 Å². The number of para-hydroxylation sites is 1. The summed E-state index contributed by atoms with van der Waals surface area (Å²) in [6.07, 6.45) is 2.27. The Hall–Kier alpha value is -3.81. The zero-order valence-corrected chi connectivity index (χ0v) is 21.9. The third-order valence-corrected chi connectivity index (χ3v) is 6.51. The number of ether oxygens (including phenoxy) is 2. The Bertz CT molecular complexity index is 1680. The van der Waals surface area contributed by atoms with E-state index in [1.807, 2.05) is 38.1 Å². The minimum Gasteiger partial charge on any atom is -0.496 e. The van der Waals surface area contributed by atoms with E-state index < -0.39 is 0 Å². The number of furan rings is 1. The molecule has 37 heavy (non-hydrogen) atoms. The van der Waals surface area contributed by atoms with Crippen LogP contribution in [0.4, 0.5) is 0 Å². The van der Waals surface area contributed by atoms with Gasteiger partial charge in [-0.1, -0.05) is 48.3 Å². The molecule has 9 heteroatoms. The maximum Gasteiger partial charge on any atom is 0.282 e.